The SMILES string of the molecule is N#CNC1=NC(c2ccc(F)cc2OCc2cc(F)ccc2F)c2c(nc(N)c(C#N)c2N)N1. The van der Waals surface area contributed by atoms with E-state index in [1.54, 1.807) is 6.19 Å². The summed E-state index contributed by atoms with van der Waals surface area (Å²) in [6, 6.07) is 7.30. The number of nitrogens with zero attached hydrogens (tertiary/aromatic N) is 4. The van der Waals surface area contributed by atoms with Crippen LogP contribution in [0.4, 0.5) is 30.5 Å². The Kier molecular flexibility index (Phi) is 5.80. The first-order valence-corrected chi connectivity index (χ1v) is 9.67. The lowest BCUT2D eigenvalue weighted by atomic mass is 9.94. The molecule has 1 unspecified atom stereocenters. The summed E-state index contributed by atoms with van der Waals surface area (Å²) in [7, 11) is 0. The van der Waals surface area contributed by atoms with Gasteiger partial charge >= 0.3 is 0 Å². The molecule has 34 heavy (non-hydrogen) atoms. The number of nitriles is 2. The van der Waals surface area contributed by atoms with Crippen LogP contribution in [0.15, 0.2) is 41.4 Å². The smallest absolute Gasteiger partial charge is 0.211 e. The molecule has 170 valence electrons. The maximum atomic E-state index is 14.1. The summed E-state index contributed by atoms with van der Waals surface area (Å²) in [5.74, 6) is -2.10. The van der Waals surface area contributed by atoms with Crippen molar-refractivity contribution in [1.82, 2.24) is 10.3 Å². The Balaban J connectivity index is 1.83. The number of nitrogen functional groups attached to an aromatic ring is 2. The molecule has 1 aromatic heterocycles. The Morgan fingerprint density at radius 2 is 1.82 bits per heavy atom. The van der Waals surface area contributed by atoms with Crippen LogP contribution in [0, 0.1) is 40.2 Å². The maximum absolute atomic E-state index is 14.1. The van der Waals surface area contributed by atoms with Gasteiger partial charge in [-0.1, -0.05) is 0 Å². The topological polar surface area (TPSA) is 158 Å². The third-order valence-corrected chi connectivity index (χ3v) is 5.02. The van der Waals surface area contributed by atoms with E-state index in [2.05, 4.69) is 20.6 Å². The minimum absolute atomic E-state index is 0.0116. The van der Waals surface area contributed by atoms with E-state index in [0.717, 1.165) is 30.3 Å². The number of fused-ring (bicyclic) bond motifs is 1. The van der Waals surface area contributed by atoms with Crippen molar-refractivity contribution < 1.29 is 17.9 Å². The van der Waals surface area contributed by atoms with Crippen molar-refractivity contribution in [1.29, 1.82) is 10.5 Å². The highest BCUT2D eigenvalue weighted by atomic mass is 19.1. The van der Waals surface area contributed by atoms with Gasteiger partial charge in [-0.2, -0.15) is 10.5 Å². The van der Waals surface area contributed by atoms with Crippen LogP contribution < -0.4 is 26.8 Å². The first-order valence-electron chi connectivity index (χ1n) is 9.67. The van der Waals surface area contributed by atoms with E-state index in [4.69, 9.17) is 21.5 Å². The summed E-state index contributed by atoms with van der Waals surface area (Å²) in [5, 5.41) is 23.6. The Labute approximate surface area is 191 Å². The van der Waals surface area contributed by atoms with E-state index in [-0.39, 0.29) is 51.3 Å². The number of benzene rings is 2. The molecule has 12 heteroatoms. The summed E-state index contributed by atoms with van der Waals surface area (Å²) >= 11 is 0. The lowest BCUT2D eigenvalue weighted by molar-refractivity contribution is 0.293. The number of guanidine groups is 1. The predicted molar refractivity (Wildman–Crippen MR) is 117 cm³/mol. The number of nitrogens with two attached hydrogens (primary N) is 2. The van der Waals surface area contributed by atoms with Crippen molar-refractivity contribution in [2.75, 3.05) is 16.8 Å². The second-order valence-corrected chi connectivity index (χ2v) is 7.11. The average molecular weight is 464 g/mol. The Morgan fingerprint density at radius 3 is 2.56 bits per heavy atom. The van der Waals surface area contributed by atoms with Gasteiger partial charge in [-0.25, -0.2) is 23.1 Å². The van der Waals surface area contributed by atoms with Crippen molar-refractivity contribution in [3.05, 3.63) is 76.1 Å². The monoisotopic (exact) mass is 464 g/mol. The van der Waals surface area contributed by atoms with Crippen molar-refractivity contribution in [3.8, 4) is 18.0 Å². The molecule has 0 aliphatic carbocycles. The summed E-state index contributed by atoms with van der Waals surface area (Å²) in [6.07, 6.45) is 1.72. The fraction of sp³-hybridized carbons (Fsp3) is 0.0909. The minimum Gasteiger partial charge on any atom is -0.488 e. The van der Waals surface area contributed by atoms with E-state index in [1.807, 2.05) is 6.07 Å². The van der Waals surface area contributed by atoms with Gasteiger partial charge in [0.1, 0.15) is 59.1 Å². The first kappa shape index (κ1) is 22.2. The van der Waals surface area contributed by atoms with Crippen molar-refractivity contribution >= 4 is 23.3 Å². The van der Waals surface area contributed by atoms with Gasteiger partial charge in [-0.05, 0) is 30.3 Å². The molecule has 0 amide bonds. The van der Waals surface area contributed by atoms with Gasteiger partial charge in [0.05, 0.1) is 5.69 Å². The molecule has 0 saturated carbocycles. The summed E-state index contributed by atoms with van der Waals surface area (Å²) in [6.45, 7) is -0.413. The van der Waals surface area contributed by atoms with Crippen LogP contribution in [0.3, 0.4) is 0 Å². The van der Waals surface area contributed by atoms with Crippen LogP contribution in [-0.4, -0.2) is 10.9 Å². The van der Waals surface area contributed by atoms with Crippen LogP contribution in [0.2, 0.25) is 0 Å². The number of rotatable bonds is 4. The molecule has 0 radical (unpaired) electrons. The molecular formula is C22H15F3N8O. The fourth-order valence-corrected chi connectivity index (χ4v) is 3.47. The third-order valence-electron chi connectivity index (χ3n) is 5.02. The standard InChI is InChI=1S/C22H15F3N8O/c23-11-2-4-15(25)10(5-11)8-34-16-6-12(24)1-3-13(16)19-17-18(28)14(7-26)20(29)32-21(17)33-22(31-19)30-9-27/h1-6,19H,8H2,(H6,28,29,30,31,32,33). The van der Waals surface area contributed by atoms with Gasteiger partial charge < -0.3 is 21.5 Å². The molecule has 2 heterocycles. The third kappa shape index (κ3) is 4.08. The molecule has 0 fully saturated rings. The summed E-state index contributed by atoms with van der Waals surface area (Å²) < 4.78 is 47.4. The molecule has 1 aliphatic rings. The zero-order valence-corrected chi connectivity index (χ0v) is 17.2. The highest BCUT2D eigenvalue weighted by Gasteiger charge is 2.31. The van der Waals surface area contributed by atoms with Crippen molar-refractivity contribution in [3.63, 3.8) is 0 Å². The highest BCUT2D eigenvalue weighted by Crippen LogP contribution is 2.43. The Morgan fingerprint density at radius 1 is 1.09 bits per heavy atom. The van der Waals surface area contributed by atoms with Crippen LogP contribution in [0.25, 0.3) is 0 Å². The van der Waals surface area contributed by atoms with E-state index >= 15 is 0 Å². The Hall–Kier alpha value is -4.97. The molecular weight excluding hydrogens is 449 g/mol. The molecule has 0 spiro atoms. The second-order valence-electron chi connectivity index (χ2n) is 7.11. The van der Waals surface area contributed by atoms with Gasteiger partial charge in [-0.3, -0.25) is 5.32 Å². The van der Waals surface area contributed by atoms with Crippen LogP contribution in [0.1, 0.15) is 28.3 Å². The molecule has 3 aromatic rings. The number of ether oxygens (including phenoxy) is 1. The molecule has 6 N–H and O–H groups in total. The van der Waals surface area contributed by atoms with Crippen LogP contribution in [0.5, 0.6) is 5.75 Å². The van der Waals surface area contributed by atoms with E-state index < -0.39 is 30.1 Å². The summed E-state index contributed by atoms with van der Waals surface area (Å²) in [5.41, 5.74) is 12.3. The number of hydrogen-bond donors (Lipinski definition) is 4. The van der Waals surface area contributed by atoms with Gasteiger partial charge in [-0.15, -0.1) is 0 Å². The molecule has 2 aromatic carbocycles. The van der Waals surface area contributed by atoms with E-state index in [1.165, 1.54) is 6.07 Å². The van der Waals surface area contributed by atoms with Crippen molar-refractivity contribution in [2.45, 2.75) is 12.6 Å². The van der Waals surface area contributed by atoms with Crippen LogP contribution in [-0.2, 0) is 6.61 Å². The Bertz CT molecular complexity index is 1410. The predicted octanol–water partition coefficient (Wildman–Crippen LogP) is 3.06. The number of pyridine rings is 1. The molecule has 9 nitrogen and oxygen atoms in total. The largest absolute Gasteiger partial charge is 0.488 e. The van der Waals surface area contributed by atoms with Gasteiger partial charge in [0.2, 0.25) is 5.96 Å². The lowest BCUT2D eigenvalue weighted by Gasteiger charge is -2.27. The number of halogens is 3. The molecule has 4 rings (SSSR count). The number of nitrogens with one attached hydrogen (secondary N) is 2. The van der Waals surface area contributed by atoms with E-state index in [9.17, 15) is 18.4 Å². The van der Waals surface area contributed by atoms with E-state index in [0.29, 0.717) is 0 Å². The van der Waals surface area contributed by atoms with Crippen molar-refractivity contribution in [2.24, 2.45) is 4.99 Å². The van der Waals surface area contributed by atoms with Gasteiger partial charge in [0, 0.05) is 22.8 Å². The second kappa shape index (κ2) is 8.88. The molecule has 0 bridgehead atoms. The fourth-order valence-electron chi connectivity index (χ4n) is 3.47. The zero-order chi connectivity index (χ0) is 24.4. The summed E-state index contributed by atoms with van der Waals surface area (Å²) in [4.78, 5) is 8.53. The highest BCUT2D eigenvalue weighted by molar-refractivity contribution is 5.98. The maximum Gasteiger partial charge on any atom is 0.211 e. The number of anilines is 3. The van der Waals surface area contributed by atoms with Gasteiger partial charge in [0.15, 0.2) is 6.19 Å². The molecule has 1 aliphatic heterocycles. The zero-order valence-electron chi connectivity index (χ0n) is 17.2. The molecule has 0 saturated heterocycles. The average Bonchev–Trinajstić information content (AvgIpc) is 2.79. The number of hydrogen-bond acceptors (Lipinski definition) is 9. The number of aromatic nitrogens is 1. The first-order chi connectivity index (χ1) is 16.3. The molecule has 1 atom stereocenters. The van der Waals surface area contributed by atoms with Crippen LogP contribution >= 0.6 is 0 Å². The number of aliphatic imine (C=N–C) groups is 1. The minimum atomic E-state index is -1.01. The lowest BCUT2D eigenvalue weighted by Crippen LogP contribution is -2.33. The quantitative estimate of drug-likeness (QED) is 0.339. The van der Waals surface area contributed by atoms with Gasteiger partial charge in [0.25, 0.3) is 0 Å². The normalized spacial score (nSPS) is 14.1.